The fourth-order valence-corrected chi connectivity index (χ4v) is 2.02. The fourth-order valence-electron chi connectivity index (χ4n) is 2.02. The number of rotatable bonds is 4. The summed E-state index contributed by atoms with van der Waals surface area (Å²) in [5.41, 5.74) is 2.53. The molecule has 2 heteroatoms. The Morgan fingerprint density at radius 3 is 2.41 bits per heavy atom. The normalized spacial score (nSPS) is 15.7. The van der Waals surface area contributed by atoms with E-state index in [9.17, 15) is 4.79 Å². The van der Waals surface area contributed by atoms with Crippen LogP contribution in [-0.4, -0.2) is 5.91 Å². The summed E-state index contributed by atoms with van der Waals surface area (Å²) in [5.74, 6) is 1.07. The van der Waals surface area contributed by atoms with E-state index in [2.05, 4.69) is 43.4 Å². The highest BCUT2D eigenvalue weighted by atomic mass is 16.1. The highest BCUT2D eigenvalue weighted by Crippen LogP contribution is 2.26. The lowest BCUT2D eigenvalue weighted by Crippen LogP contribution is -2.33. The van der Waals surface area contributed by atoms with Gasteiger partial charge in [-0.3, -0.25) is 4.79 Å². The van der Waals surface area contributed by atoms with Crippen LogP contribution in [0.1, 0.15) is 50.2 Å². The molecule has 0 spiro atoms. The molecule has 2 nitrogen and oxygen atoms in total. The van der Waals surface area contributed by atoms with Crippen LogP contribution in [0.25, 0.3) is 0 Å². The van der Waals surface area contributed by atoms with Crippen LogP contribution < -0.4 is 5.32 Å². The van der Waals surface area contributed by atoms with Crippen LogP contribution in [0.15, 0.2) is 24.3 Å². The largest absolute Gasteiger partial charge is 0.352 e. The van der Waals surface area contributed by atoms with E-state index in [1.165, 1.54) is 17.5 Å². The molecule has 0 aromatic heterocycles. The molecule has 1 aromatic rings. The number of nitrogens with one attached hydrogen (secondary N) is 1. The van der Waals surface area contributed by atoms with Crippen LogP contribution in [0.2, 0.25) is 0 Å². The van der Waals surface area contributed by atoms with Crippen molar-refractivity contribution in [3.63, 3.8) is 0 Å². The first-order chi connectivity index (χ1) is 8.16. The van der Waals surface area contributed by atoms with Gasteiger partial charge in [-0.25, -0.2) is 0 Å². The molecule has 0 unspecified atom stereocenters. The Morgan fingerprint density at radius 1 is 1.29 bits per heavy atom. The third-order valence-corrected chi connectivity index (χ3v) is 3.59. The first-order valence-electron chi connectivity index (χ1n) is 6.53. The minimum absolute atomic E-state index is 0.226. The Labute approximate surface area is 103 Å². The second-order valence-corrected chi connectivity index (χ2v) is 5.24. The third kappa shape index (κ3) is 3.09. The van der Waals surface area contributed by atoms with Gasteiger partial charge in [0.2, 0.25) is 5.91 Å². The zero-order chi connectivity index (χ0) is 12.3. The van der Waals surface area contributed by atoms with Gasteiger partial charge in [0.05, 0.1) is 0 Å². The number of hydrogen-bond donors (Lipinski definition) is 1. The number of carbonyl (C=O) groups excluding carboxylic acids is 1. The van der Waals surface area contributed by atoms with E-state index in [1.807, 2.05) is 0 Å². The van der Waals surface area contributed by atoms with Crippen molar-refractivity contribution < 1.29 is 4.79 Å². The summed E-state index contributed by atoms with van der Waals surface area (Å²) in [6.07, 6.45) is 3.34. The Balaban J connectivity index is 1.84. The van der Waals surface area contributed by atoms with Gasteiger partial charge in [-0.15, -0.1) is 0 Å². The standard InChI is InChI=1S/C15H21NO/c1-11(2)13-8-6-12(7-9-13)10-16-15(17)14-4-3-5-14/h6-9,11,14H,3-5,10H2,1-2H3,(H,16,17). The first kappa shape index (κ1) is 12.2. The lowest BCUT2D eigenvalue weighted by molar-refractivity contribution is -0.127. The molecule has 0 radical (unpaired) electrons. The Morgan fingerprint density at radius 2 is 1.94 bits per heavy atom. The maximum absolute atomic E-state index is 11.7. The van der Waals surface area contributed by atoms with E-state index in [-0.39, 0.29) is 11.8 Å². The molecule has 0 aliphatic heterocycles. The van der Waals surface area contributed by atoms with Gasteiger partial charge in [0.25, 0.3) is 0 Å². The topological polar surface area (TPSA) is 29.1 Å². The number of amides is 1. The van der Waals surface area contributed by atoms with Crippen LogP contribution in [0.3, 0.4) is 0 Å². The molecule has 1 aliphatic rings. The van der Waals surface area contributed by atoms with Crippen molar-refractivity contribution in [2.75, 3.05) is 0 Å². The second-order valence-electron chi connectivity index (χ2n) is 5.24. The first-order valence-corrected chi connectivity index (χ1v) is 6.53. The van der Waals surface area contributed by atoms with E-state index >= 15 is 0 Å². The second kappa shape index (κ2) is 5.35. The third-order valence-electron chi connectivity index (χ3n) is 3.59. The van der Waals surface area contributed by atoms with Crippen LogP contribution in [0.5, 0.6) is 0 Å². The summed E-state index contributed by atoms with van der Waals surface area (Å²) in [6.45, 7) is 5.04. The molecule has 17 heavy (non-hydrogen) atoms. The minimum atomic E-state index is 0.226. The van der Waals surface area contributed by atoms with Crippen molar-refractivity contribution in [3.05, 3.63) is 35.4 Å². The quantitative estimate of drug-likeness (QED) is 0.847. The van der Waals surface area contributed by atoms with Gasteiger partial charge >= 0.3 is 0 Å². The minimum Gasteiger partial charge on any atom is -0.352 e. The Kier molecular flexibility index (Phi) is 3.82. The lowest BCUT2D eigenvalue weighted by atomic mass is 9.85. The molecule has 0 bridgehead atoms. The number of carbonyl (C=O) groups is 1. The van der Waals surface area contributed by atoms with Crippen molar-refractivity contribution in [2.45, 2.75) is 45.6 Å². The zero-order valence-electron chi connectivity index (χ0n) is 10.7. The Bertz CT molecular complexity index is 376. The van der Waals surface area contributed by atoms with Gasteiger partial charge in [0.1, 0.15) is 0 Å². The predicted octanol–water partition coefficient (Wildman–Crippen LogP) is 3.23. The van der Waals surface area contributed by atoms with Crippen molar-refractivity contribution in [3.8, 4) is 0 Å². The molecule has 1 aliphatic carbocycles. The van der Waals surface area contributed by atoms with Crippen LogP contribution in [-0.2, 0) is 11.3 Å². The lowest BCUT2D eigenvalue weighted by Gasteiger charge is -2.24. The summed E-state index contributed by atoms with van der Waals surface area (Å²) in [6, 6.07) is 8.51. The molecule has 1 saturated carbocycles. The van der Waals surface area contributed by atoms with E-state index in [1.54, 1.807) is 0 Å². The summed E-state index contributed by atoms with van der Waals surface area (Å²) >= 11 is 0. The van der Waals surface area contributed by atoms with E-state index in [0.29, 0.717) is 12.5 Å². The maximum atomic E-state index is 11.7. The van der Waals surface area contributed by atoms with Crippen molar-refractivity contribution >= 4 is 5.91 Å². The molecule has 92 valence electrons. The van der Waals surface area contributed by atoms with Gasteiger partial charge in [0.15, 0.2) is 0 Å². The van der Waals surface area contributed by atoms with E-state index in [4.69, 9.17) is 0 Å². The average molecular weight is 231 g/mol. The maximum Gasteiger partial charge on any atom is 0.223 e. The summed E-state index contributed by atoms with van der Waals surface area (Å²) in [4.78, 5) is 11.7. The molecule has 1 N–H and O–H groups in total. The fraction of sp³-hybridized carbons (Fsp3) is 0.533. The smallest absolute Gasteiger partial charge is 0.223 e. The van der Waals surface area contributed by atoms with Crippen LogP contribution in [0.4, 0.5) is 0 Å². The van der Waals surface area contributed by atoms with Gasteiger partial charge in [-0.05, 0) is 29.9 Å². The monoisotopic (exact) mass is 231 g/mol. The van der Waals surface area contributed by atoms with Gasteiger partial charge in [-0.2, -0.15) is 0 Å². The van der Waals surface area contributed by atoms with Crippen LogP contribution >= 0.6 is 0 Å². The highest BCUT2D eigenvalue weighted by molar-refractivity contribution is 5.79. The molecule has 0 saturated heterocycles. The number of hydrogen-bond acceptors (Lipinski definition) is 1. The molecule has 0 atom stereocenters. The molecule has 1 fully saturated rings. The molecular weight excluding hydrogens is 210 g/mol. The average Bonchev–Trinajstić information content (AvgIpc) is 2.24. The summed E-state index contributed by atoms with van der Waals surface area (Å²) in [7, 11) is 0. The molecule has 1 aromatic carbocycles. The van der Waals surface area contributed by atoms with Gasteiger partial charge in [-0.1, -0.05) is 44.5 Å². The van der Waals surface area contributed by atoms with Crippen molar-refractivity contribution in [2.24, 2.45) is 5.92 Å². The summed E-state index contributed by atoms with van der Waals surface area (Å²) in [5, 5.41) is 3.01. The molecule has 0 heterocycles. The molecule has 2 rings (SSSR count). The predicted molar refractivity (Wildman–Crippen MR) is 69.7 cm³/mol. The van der Waals surface area contributed by atoms with Gasteiger partial charge < -0.3 is 5.32 Å². The SMILES string of the molecule is CC(C)c1ccc(CNC(=O)C2CCC2)cc1. The van der Waals surface area contributed by atoms with Crippen molar-refractivity contribution in [1.29, 1.82) is 0 Å². The zero-order valence-corrected chi connectivity index (χ0v) is 10.7. The molecule has 1 amide bonds. The van der Waals surface area contributed by atoms with Gasteiger partial charge in [0, 0.05) is 12.5 Å². The summed E-state index contributed by atoms with van der Waals surface area (Å²) < 4.78 is 0. The Hall–Kier alpha value is -1.31. The highest BCUT2D eigenvalue weighted by Gasteiger charge is 2.24. The molecular formula is C15H21NO. The van der Waals surface area contributed by atoms with Crippen LogP contribution in [0, 0.1) is 5.92 Å². The van der Waals surface area contributed by atoms with Crippen molar-refractivity contribution in [1.82, 2.24) is 5.32 Å². The number of benzene rings is 1. The van der Waals surface area contributed by atoms with E-state index in [0.717, 1.165) is 12.8 Å². The van der Waals surface area contributed by atoms with E-state index < -0.39 is 0 Å².